The molecular formula is C33H41FN6O3. The van der Waals surface area contributed by atoms with Crippen molar-refractivity contribution in [1.29, 1.82) is 0 Å². The average Bonchev–Trinajstić information content (AvgIpc) is 3.49. The first-order chi connectivity index (χ1) is 20.8. The van der Waals surface area contributed by atoms with Gasteiger partial charge in [-0.25, -0.2) is 19.0 Å². The number of methoxy groups -OCH3 is 1. The van der Waals surface area contributed by atoms with Crippen LogP contribution >= 0.6 is 0 Å². The molecule has 0 saturated carbocycles. The molecule has 4 atom stereocenters. The Hall–Kier alpha value is -3.92. The Labute approximate surface area is 252 Å². The van der Waals surface area contributed by atoms with Crippen molar-refractivity contribution in [3.8, 4) is 0 Å². The van der Waals surface area contributed by atoms with E-state index in [1.807, 2.05) is 43.0 Å². The van der Waals surface area contributed by atoms with E-state index in [0.29, 0.717) is 36.8 Å². The molecule has 3 aliphatic heterocycles. The van der Waals surface area contributed by atoms with Crippen LogP contribution in [-0.4, -0.2) is 70.7 Å². The summed E-state index contributed by atoms with van der Waals surface area (Å²) in [7, 11) is 1.45. The number of piperidine rings is 1. The fraction of sp³-hybridized carbons (Fsp3) is 0.485. The van der Waals surface area contributed by atoms with Gasteiger partial charge in [-0.15, -0.1) is 0 Å². The van der Waals surface area contributed by atoms with Crippen molar-refractivity contribution in [3.63, 3.8) is 0 Å². The van der Waals surface area contributed by atoms with Gasteiger partial charge in [-0.3, -0.25) is 14.7 Å². The number of halogens is 1. The number of carbonyl (C=O) groups excluding carboxylic acids is 2. The Balaban J connectivity index is 1.13. The molecule has 1 aromatic heterocycles. The number of ether oxygens (including phenoxy) is 1. The Kier molecular flexibility index (Phi) is 8.38. The predicted molar refractivity (Wildman–Crippen MR) is 164 cm³/mol. The second kappa shape index (κ2) is 12.4. The van der Waals surface area contributed by atoms with E-state index >= 15 is 0 Å². The number of carbonyl (C=O) groups is 2. The lowest BCUT2D eigenvalue weighted by Gasteiger charge is -2.45. The SMILES string of the molecule is COC(=O)N1CCc2[nH]c(C)nc2C1C1C[C@H]2CC[C@@H](C1)N2CCCN(C(=O)Nc1ccc(C)cc1)c1ccc(F)cc1. The Bertz CT molecular complexity index is 1430. The van der Waals surface area contributed by atoms with Gasteiger partial charge in [0.2, 0.25) is 0 Å². The molecule has 43 heavy (non-hydrogen) atoms. The number of H-pyrrole nitrogens is 1. The molecule has 4 heterocycles. The molecule has 2 fully saturated rings. The van der Waals surface area contributed by atoms with Gasteiger partial charge in [-0.2, -0.15) is 0 Å². The molecule has 10 heteroatoms. The molecule has 3 amide bonds. The van der Waals surface area contributed by atoms with Gasteiger partial charge in [-0.05, 0) is 88.3 Å². The quantitative estimate of drug-likeness (QED) is 0.343. The van der Waals surface area contributed by atoms with E-state index in [1.165, 1.54) is 19.2 Å². The summed E-state index contributed by atoms with van der Waals surface area (Å²) in [5.74, 6) is 0.868. The number of nitrogens with one attached hydrogen (secondary N) is 2. The molecule has 2 aromatic carbocycles. The van der Waals surface area contributed by atoms with Crippen LogP contribution in [0.2, 0.25) is 0 Å². The number of amides is 3. The van der Waals surface area contributed by atoms with Gasteiger partial charge in [0, 0.05) is 55.2 Å². The second-order valence-corrected chi connectivity index (χ2v) is 12.2. The average molecular weight is 589 g/mol. The molecule has 2 bridgehead atoms. The molecule has 6 rings (SSSR count). The van der Waals surface area contributed by atoms with E-state index in [9.17, 15) is 14.0 Å². The summed E-state index contributed by atoms with van der Waals surface area (Å²) in [5, 5.41) is 3.00. The maximum atomic E-state index is 13.7. The molecule has 2 saturated heterocycles. The molecule has 3 aromatic rings. The van der Waals surface area contributed by atoms with Crippen molar-refractivity contribution in [2.45, 2.75) is 70.5 Å². The van der Waals surface area contributed by atoms with Crippen LogP contribution in [-0.2, 0) is 11.2 Å². The van der Waals surface area contributed by atoms with Gasteiger partial charge in [0.15, 0.2) is 0 Å². The molecule has 3 aliphatic rings. The fourth-order valence-electron chi connectivity index (χ4n) is 7.46. The number of hydrogen-bond acceptors (Lipinski definition) is 5. The summed E-state index contributed by atoms with van der Waals surface area (Å²) in [6, 6.07) is 14.3. The van der Waals surface area contributed by atoms with Gasteiger partial charge < -0.3 is 15.0 Å². The van der Waals surface area contributed by atoms with E-state index in [0.717, 1.165) is 73.5 Å². The zero-order valence-corrected chi connectivity index (χ0v) is 25.2. The second-order valence-electron chi connectivity index (χ2n) is 12.2. The smallest absolute Gasteiger partial charge is 0.410 e. The third kappa shape index (κ3) is 6.11. The Morgan fingerprint density at radius 2 is 1.77 bits per heavy atom. The maximum absolute atomic E-state index is 13.7. The van der Waals surface area contributed by atoms with Crippen LogP contribution in [0.5, 0.6) is 0 Å². The van der Waals surface area contributed by atoms with E-state index in [1.54, 1.807) is 17.0 Å². The van der Waals surface area contributed by atoms with Crippen LogP contribution in [0.1, 0.15) is 60.9 Å². The highest BCUT2D eigenvalue weighted by Gasteiger charge is 2.47. The number of nitrogens with zero attached hydrogens (tertiary/aromatic N) is 4. The van der Waals surface area contributed by atoms with Crippen LogP contribution in [0.25, 0.3) is 0 Å². The van der Waals surface area contributed by atoms with Crippen molar-refractivity contribution in [2.75, 3.05) is 37.0 Å². The summed E-state index contributed by atoms with van der Waals surface area (Å²) in [6.45, 7) is 5.99. The number of aromatic amines is 1. The monoisotopic (exact) mass is 588 g/mol. The third-order valence-electron chi connectivity index (χ3n) is 9.41. The number of fused-ring (bicyclic) bond motifs is 3. The van der Waals surface area contributed by atoms with Crippen molar-refractivity contribution in [3.05, 3.63) is 77.1 Å². The highest BCUT2D eigenvalue weighted by molar-refractivity contribution is 6.01. The molecule has 0 radical (unpaired) electrons. The predicted octanol–water partition coefficient (Wildman–Crippen LogP) is 6.20. The number of urea groups is 1. The van der Waals surface area contributed by atoms with Crippen molar-refractivity contribution < 1.29 is 18.7 Å². The number of anilines is 2. The topological polar surface area (TPSA) is 93.8 Å². The first-order valence-electron chi connectivity index (χ1n) is 15.4. The first-order valence-corrected chi connectivity index (χ1v) is 15.4. The van der Waals surface area contributed by atoms with Crippen molar-refractivity contribution in [2.24, 2.45) is 5.92 Å². The van der Waals surface area contributed by atoms with Crippen molar-refractivity contribution >= 4 is 23.5 Å². The molecule has 228 valence electrons. The van der Waals surface area contributed by atoms with Crippen LogP contribution in [0, 0.1) is 25.6 Å². The summed E-state index contributed by atoms with van der Waals surface area (Å²) < 4.78 is 18.9. The highest BCUT2D eigenvalue weighted by atomic mass is 19.1. The highest BCUT2D eigenvalue weighted by Crippen LogP contribution is 2.47. The van der Waals surface area contributed by atoms with Crippen LogP contribution in [0.4, 0.5) is 25.4 Å². The van der Waals surface area contributed by atoms with E-state index in [4.69, 9.17) is 9.72 Å². The lowest BCUT2D eigenvalue weighted by atomic mass is 9.80. The van der Waals surface area contributed by atoms with Gasteiger partial charge >= 0.3 is 12.1 Å². The number of aryl methyl sites for hydroxylation is 2. The number of benzene rings is 2. The molecule has 2 unspecified atom stereocenters. The van der Waals surface area contributed by atoms with Gasteiger partial charge in [0.1, 0.15) is 11.6 Å². The fourth-order valence-corrected chi connectivity index (χ4v) is 7.46. The minimum Gasteiger partial charge on any atom is -0.453 e. The van der Waals surface area contributed by atoms with Crippen LogP contribution in [0.15, 0.2) is 48.5 Å². The van der Waals surface area contributed by atoms with Crippen LogP contribution < -0.4 is 10.2 Å². The minimum atomic E-state index is -0.331. The van der Waals surface area contributed by atoms with Crippen LogP contribution in [0.3, 0.4) is 0 Å². The molecule has 0 spiro atoms. The molecule has 2 N–H and O–H groups in total. The normalized spacial score (nSPS) is 23.1. The zero-order chi connectivity index (χ0) is 30.1. The largest absolute Gasteiger partial charge is 0.453 e. The summed E-state index contributed by atoms with van der Waals surface area (Å²) in [6.07, 6.45) is 5.52. The summed E-state index contributed by atoms with van der Waals surface area (Å²) >= 11 is 0. The first kappa shape index (κ1) is 29.2. The Morgan fingerprint density at radius 3 is 2.44 bits per heavy atom. The summed E-state index contributed by atoms with van der Waals surface area (Å²) in [5.41, 5.74) is 4.65. The Morgan fingerprint density at radius 1 is 1.07 bits per heavy atom. The lowest BCUT2D eigenvalue weighted by Crippen LogP contribution is -2.50. The standard InChI is InChI=1S/C33H41FN6O3/c1-21-5-9-25(10-6-21)37-32(41)39(26-11-7-24(34)8-12-26)17-4-16-38-27-13-14-28(38)20-23(19-27)31-30-29(35-22(2)36-30)15-18-40(31)33(42)43-3/h5-12,23,27-28,31H,4,13-20H2,1-3H3,(H,35,36)(H,37,41)/t23?,27-,28+,31?. The third-order valence-corrected chi connectivity index (χ3v) is 9.41. The molecule has 0 aliphatic carbocycles. The number of rotatable bonds is 7. The van der Waals surface area contributed by atoms with Gasteiger partial charge in [0.05, 0.1) is 18.8 Å². The van der Waals surface area contributed by atoms with E-state index in [-0.39, 0.29) is 24.0 Å². The zero-order valence-electron chi connectivity index (χ0n) is 25.2. The molecule has 9 nitrogen and oxygen atoms in total. The summed E-state index contributed by atoms with van der Waals surface area (Å²) in [4.78, 5) is 40.6. The van der Waals surface area contributed by atoms with Gasteiger partial charge in [0.25, 0.3) is 0 Å². The number of hydrogen-bond donors (Lipinski definition) is 2. The minimum absolute atomic E-state index is 0.0779. The maximum Gasteiger partial charge on any atom is 0.410 e. The molecular weight excluding hydrogens is 547 g/mol. The van der Waals surface area contributed by atoms with Gasteiger partial charge in [-0.1, -0.05) is 17.7 Å². The lowest BCUT2D eigenvalue weighted by molar-refractivity contribution is 0.0350. The number of aromatic nitrogens is 2. The number of imidazole rings is 1. The van der Waals surface area contributed by atoms with Crippen molar-refractivity contribution in [1.82, 2.24) is 19.8 Å². The van der Waals surface area contributed by atoms with E-state index in [2.05, 4.69) is 15.2 Å². The van der Waals surface area contributed by atoms with E-state index < -0.39 is 0 Å².